The third-order valence-electron chi connectivity index (χ3n) is 3.27. The van der Waals surface area contributed by atoms with Gasteiger partial charge in [0.05, 0.1) is 12.1 Å². The average molecular weight is 308 g/mol. The predicted octanol–water partition coefficient (Wildman–Crippen LogP) is 4.30. The van der Waals surface area contributed by atoms with Crippen LogP contribution in [0.2, 0.25) is 0 Å². The fourth-order valence-electron chi connectivity index (χ4n) is 2.11. The summed E-state index contributed by atoms with van der Waals surface area (Å²) in [6.45, 7) is 2.06. The van der Waals surface area contributed by atoms with Crippen molar-refractivity contribution in [3.63, 3.8) is 0 Å². The van der Waals surface area contributed by atoms with E-state index in [0.717, 1.165) is 22.0 Å². The van der Waals surface area contributed by atoms with Crippen LogP contribution >= 0.6 is 11.3 Å². The van der Waals surface area contributed by atoms with Gasteiger partial charge in [0, 0.05) is 16.6 Å². The molecule has 0 spiro atoms. The Balaban J connectivity index is 1.66. The lowest BCUT2D eigenvalue weighted by Crippen LogP contribution is -2.14. The molecular formula is C18H16N2OS. The highest BCUT2D eigenvalue weighted by Crippen LogP contribution is 2.22. The summed E-state index contributed by atoms with van der Waals surface area (Å²) in [6.07, 6.45) is 0.297. The molecule has 0 aliphatic rings. The number of hydrogen-bond acceptors (Lipinski definition) is 3. The SMILES string of the molecule is Cc1ccc(-c2csc(CC(=O)Nc3ccccc3)n2)cc1. The number of aromatic nitrogens is 1. The lowest BCUT2D eigenvalue weighted by Gasteiger charge is -2.02. The highest BCUT2D eigenvalue weighted by atomic mass is 32.1. The Morgan fingerprint density at radius 1 is 1.09 bits per heavy atom. The topological polar surface area (TPSA) is 42.0 Å². The zero-order valence-electron chi connectivity index (χ0n) is 12.2. The van der Waals surface area contributed by atoms with Gasteiger partial charge in [0.2, 0.25) is 5.91 Å². The molecule has 1 amide bonds. The number of para-hydroxylation sites is 1. The number of carbonyl (C=O) groups is 1. The van der Waals surface area contributed by atoms with Crippen molar-refractivity contribution in [2.45, 2.75) is 13.3 Å². The van der Waals surface area contributed by atoms with Crippen LogP contribution in [0.3, 0.4) is 0 Å². The second-order valence-corrected chi connectivity index (χ2v) is 6.03. The maximum Gasteiger partial charge on any atom is 0.231 e. The minimum absolute atomic E-state index is 0.0454. The average Bonchev–Trinajstić information content (AvgIpc) is 2.97. The van der Waals surface area contributed by atoms with E-state index in [2.05, 4.69) is 41.5 Å². The monoisotopic (exact) mass is 308 g/mol. The summed E-state index contributed by atoms with van der Waals surface area (Å²) >= 11 is 1.52. The maximum atomic E-state index is 12.0. The summed E-state index contributed by atoms with van der Waals surface area (Å²) < 4.78 is 0. The van der Waals surface area contributed by atoms with Crippen LogP contribution in [0, 0.1) is 6.92 Å². The molecule has 0 unspecified atom stereocenters. The van der Waals surface area contributed by atoms with Gasteiger partial charge in [-0.15, -0.1) is 11.3 Å². The highest BCUT2D eigenvalue weighted by molar-refractivity contribution is 7.10. The van der Waals surface area contributed by atoms with Crippen molar-refractivity contribution in [3.8, 4) is 11.3 Å². The molecule has 0 aliphatic carbocycles. The fourth-order valence-corrected chi connectivity index (χ4v) is 2.91. The number of rotatable bonds is 4. The number of nitrogens with one attached hydrogen (secondary N) is 1. The van der Waals surface area contributed by atoms with Crippen LogP contribution in [-0.2, 0) is 11.2 Å². The highest BCUT2D eigenvalue weighted by Gasteiger charge is 2.09. The molecular weight excluding hydrogens is 292 g/mol. The third kappa shape index (κ3) is 3.59. The number of hydrogen-bond donors (Lipinski definition) is 1. The van der Waals surface area contributed by atoms with Gasteiger partial charge in [-0.3, -0.25) is 4.79 Å². The Morgan fingerprint density at radius 3 is 2.55 bits per heavy atom. The van der Waals surface area contributed by atoms with Gasteiger partial charge in [0.15, 0.2) is 0 Å². The van der Waals surface area contributed by atoms with Crippen molar-refractivity contribution in [1.29, 1.82) is 0 Å². The number of aryl methyl sites for hydroxylation is 1. The molecule has 1 heterocycles. The molecule has 3 aromatic rings. The van der Waals surface area contributed by atoms with Crippen LogP contribution in [0.1, 0.15) is 10.6 Å². The predicted molar refractivity (Wildman–Crippen MR) is 91.1 cm³/mol. The first-order valence-corrected chi connectivity index (χ1v) is 7.95. The van der Waals surface area contributed by atoms with Gasteiger partial charge in [0.1, 0.15) is 5.01 Å². The third-order valence-corrected chi connectivity index (χ3v) is 4.12. The van der Waals surface area contributed by atoms with E-state index >= 15 is 0 Å². The minimum Gasteiger partial charge on any atom is -0.326 e. The fraction of sp³-hybridized carbons (Fsp3) is 0.111. The smallest absolute Gasteiger partial charge is 0.231 e. The van der Waals surface area contributed by atoms with E-state index < -0.39 is 0 Å². The zero-order chi connectivity index (χ0) is 15.4. The molecule has 3 rings (SSSR count). The largest absolute Gasteiger partial charge is 0.326 e. The van der Waals surface area contributed by atoms with E-state index in [1.807, 2.05) is 35.7 Å². The van der Waals surface area contributed by atoms with Gasteiger partial charge in [-0.25, -0.2) is 4.98 Å². The van der Waals surface area contributed by atoms with E-state index in [1.165, 1.54) is 16.9 Å². The molecule has 0 aliphatic heterocycles. The molecule has 0 saturated carbocycles. The molecule has 22 heavy (non-hydrogen) atoms. The Kier molecular flexibility index (Phi) is 4.30. The van der Waals surface area contributed by atoms with Gasteiger partial charge in [-0.05, 0) is 19.1 Å². The van der Waals surface area contributed by atoms with Crippen molar-refractivity contribution in [3.05, 3.63) is 70.5 Å². The first-order valence-electron chi connectivity index (χ1n) is 7.07. The summed E-state index contributed by atoms with van der Waals surface area (Å²) in [5.41, 5.74) is 4.04. The van der Waals surface area contributed by atoms with E-state index in [-0.39, 0.29) is 5.91 Å². The summed E-state index contributed by atoms with van der Waals surface area (Å²) in [6, 6.07) is 17.7. The van der Waals surface area contributed by atoms with Gasteiger partial charge in [-0.2, -0.15) is 0 Å². The lowest BCUT2D eigenvalue weighted by molar-refractivity contribution is -0.115. The standard InChI is InChI=1S/C18H16N2OS/c1-13-7-9-14(10-8-13)16-12-22-18(20-16)11-17(21)19-15-5-3-2-4-6-15/h2-10,12H,11H2,1H3,(H,19,21). The normalized spacial score (nSPS) is 10.4. The van der Waals surface area contributed by atoms with Gasteiger partial charge in [-0.1, -0.05) is 48.0 Å². The second kappa shape index (κ2) is 6.54. The zero-order valence-corrected chi connectivity index (χ0v) is 13.1. The summed E-state index contributed by atoms with van der Waals surface area (Å²) in [5.74, 6) is -0.0454. The molecule has 0 bridgehead atoms. The van der Waals surface area contributed by atoms with E-state index in [9.17, 15) is 4.79 Å². The molecule has 2 aromatic carbocycles. The number of amides is 1. The summed E-state index contributed by atoms with van der Waals surface area (Å²) in [7, 11) is 0. The van der Waals surface area contributed by atoms with E-state index in [4.69, 9.17) is 0 Å². The molecule has 0 fully saturated rings. The second-order valence-electron chi connectivity index (χ2n) is 5.08. The van der Waals surface area contributed by atoms with Crippen LogP contribution in [0.25, 0.3) is 11.3 Å². The molecule has 4 heteroatoms. The van der Waals surface area contributed by atoms with Gasteiger partial charge >= 0.3 is 0 Å². The van der Waals surface area contributed by atoms with Crippen LogP contribution in [0.15, 0.2) is 60.0 Å². The van der Waals surface area contributed by atoms with Gasteiger partial charge in [0.25, 0.3) is 0 Å². The van der Waals surface area contributed by atoms with E-state index in [1.54, 1.807) is 0 Å². The van der Waals surface area contributed by atoms with Crippen molar-refractivity contribution >= 4 is 22.9 Å². The van der Waals surface area contributed by atoms with Crippen LogP contribution in [0.4, 0.5) is 5.69 Å². The first-order chi connectivity index (χ1) is 10.7. The number of benzene rings is 2. The Hall–Kier alpha value is -2.46. The maximum absolute atomic E-state index is 12.0. The van der Waals surface area contributed by atoms with E-state index in [0.29, 0.717) is 6.42 Å². The van der Waals surface area contributed by atoms with Gasteiger partial charge < -0.3 is 5.32 Å². The lowest BCUT2D eigenvalue weighted by atomic mass is 10.1. The summed E-state index contributed by atoms with van der Waals surface area (Å²) in [4.78, 5) is 16.6. The summed E-state index contributed by atoms with van der Waals surface area (Å²) in [5, 5.41) is 5.69. The number of thiazole rings is 1. The van der Waals surface area contributed by atoms with Crippen LogP contribution < -0.4 is 5.32 Å². The number of carbonyl (C=O) groups excluding carboxylic acids is 1. The molecule has 110 valence electrons. The molecule has 0 radical (unpaired) electrons. The first kappa shape index (κ1) is 14.5. The Bertz CT molecular complexity index is 763. The van der Waals surface area contributed by atoms with Crippen molar-refractivity contribution < 1.29 is 4.79 Å². The van der Waals surface area contributed by atoms with Crippen molar-refractivity contribution in [2.24, 2.45) is 0 Å². The molecule has 0 atom stereocenters. The Morgan fingerprint density at radius 2 is 1.82 bits per heavy atom. The molecule has 0 saturated heterocycles. The van der Waals surface area contributed by atoms with Crippen LogP contribution in [0.5, 0.6) is 0 Å². The molecule has 1 aromatic heterocycles. The number of anilines is 1. The minimum atomic E-state index is -0.0454. The number of nitrogens with zero attached hydrogens (tertiary/aromatic N) is 1. The Labute approximate surface area is 133 Å². The van der Waals surface area contributed by atoms with Crippen LogP contribution in [-0.4, -0.2) is 10.9 Å². The molecule has 3 nitrogen and oxygen atoms in total. The molecule has 1 N–H and O–H groups in total. The van der Waals surface area contributed by atoms with Crippen molar-refractivity contribution in [2.75, 3.05) is 5.32 Å². The quantitative estimate of drug-likeness (QED) is 0.781. The van der Waals surface area contributed by atoms with Crippen molar-refractivity contribution in [1.82, 2.24) is 4.98 Å².